The molecule has 0 saturated heterocycles. The fourth-order valence-corrected chi connectivity index (χ4v) is 4.11. The number of benzene rings is 2. The number of ether oxygens (including phenoxy) is 1. The van der Waals surface area contributed by atoms with Crippen molar-refractivity contribution in [3.63, 3.8) is 0 Å². The number of amides is 1. The molecule has 0 aromatic heterocycles. The van der Waals surface area contributed by atoms with Crippen molar-refractivity contribution in [2.75, 3.05) is 11.1 Å². The summed E-state index contributed by atoms with van der Waals surface area (Å²) in [7, 11) is 0. The Morgan fingerprint density at radius 3 is 2.42 bits per heavy atom. The van der Waals surface area contributed by atoms with Gasteiger partial charge in [0.25, 0.3) is 0 Å². The number of halogens is 2. The molecule has 0 atom stereocenters. The Balaban J connectivity index is 1.77. The molecule has 2 aliphatic rings. The summed E-state index contributed by atoms with van der Waals surface area (Å²) in [5, 5.41) is 3.72. The van der Waals surface area contributed by atoms with E-state index in [2.05, 4.69) is 5.32 Å². The first-order chi connectivity index (χ1) is 11.4. The van der Waals surface area contributed by atoms with E-state index in [1.165, 1.54) is 0 Å². The molecule has 0 unspecified atom stereocenters. The highest BCUT2D eigenvalue weighted by Crippen LogP contribution is 2.53. The Kier molecular flexibility index (Phi) is 3.44. The van der Waals surface area contributed by atoms with Crippen LogP contribution in [0.1, 0.15) is 30.4 Å². The Morgan fingerprint density at radius 1 is 1.17 bits per heavy atom. The summed E-state index contributed by atoms with van der Waals surface area (Å²) in [6, 6.07) is 6.99. The largest absolute Gasteiger partial charge is 0.454 e. The molecule has 1 amide bonds. The van der Waals surface area contributed by atoms with Gasteiger partial charge in [-0.1, -0.05) is 29.6 Å². The smallest absolute Gasteiger partial charge is 0.235 e. The minimum Gasteiger partial charge on any atom is -0.454 e. The Labute approximate surface area is 149 Å². The standard InChI is InChI=1S/C18H16Cl2N2O2/c1-9-5-11(24-16-13(19)6-10(21)7-14(16)20)8-12-15(9)22-17(23)18(12)3-2-4-18/h5-8H,2-4,21H2,1H3,(H,22,23). The lowest BCUT2D eigenvalue weighted by Gasteiger charge is -2.36. The number of nitrogens with one attached hydrogen (secondary N) is 1. The fourth-order valence-electron chi connectivity index (χ4n) is 3.53. The molecule has 1 aliphatic carbocycles. The van der Waals surface area contributed by atoms with Crippen LogP contribution in [0.25, 0.3) is 0 Å². The minimum atomic E-state index is -0.395. The summed E-state index contributed by atoms with van der Waals surface area (Å²) >= 11 is 12.4. The molecule has 1 fully saturated rings. The van der Waals surface area contributed by atoms with Crippen LogP contribution in [-0.4, -0.2) is 5.91 Å². The van der Waals surface area contributed by atoms with Gasteiger partial charge in [-0.2, -0.15) is 0 Å². The summed E-state index contributed by atoms with van der Waals surface area (Å²) in [6.45, 7) is 1.95. The van der Waals surface area contributed by atoms with E-state index < -0.39 is 5.41 Å². The van der Waals surface area contributed by atoms with Gasteiger partial charge in [-0.15, -0.1) is 0 Å². The molecular weight excluding hydrogens is 347 g/mol. The third kappa shape index (κ3) is 2.17. The van der Waals surface area contributed by atoms with E-state index >= 15 is 0 Å². The number of fused-ring (bicyclic) bond motifs is 2. The first-order valence-electron chi connectivity index (χ1n) is 7.80. The molecule has 2 aromatic carbocycles. The van der Waals surface area contributed by atoms with Gasteiger partial charge in [0, 0.05) is 11.4 Å². The van der Waals surface area contributed by atoms with E-state index in [0.29, 0.717) is 27.2 Å². The quantitative estimate of drug-likeness (QED) is 0.734. The fraction of sp³-hybridized carbons (Fsp3) is 0.278. The normalized spacial score (nSPS) is 17.4. The van der Waals surface area contributed by atoms with Crippen molar-refractivity contribution in [3.05, 3.63) is 45.4 Å². The number of aryl methyl sites for hydroxylation is 1. The van der Waals surface area contributed by atoms with E-state index in [0.717, 1.165) is 36.1 Å². The van der Waals surface area contributed by atoms with Crippen LogP contribution in [0.4, 0.5) is 11.4 Å². The van der Waals surface area contributed by atoms with Crippen LogP contribution in [-0.2, 0) is 10.2 Å². The number of carbonyl (C=O) groups excluding carboxylic acids is 1. The molecule has 24 heavy (non-hydrogen) atoms. The average Bonchev–Trinajstić information content (AvgIpc) is 2.75. The van der Waals surface area contributed by atoms with Gasteiger partial charge in [0.05, 0.1) is 15.5 Å². The molecule has 4 nitrogen and oxygen atoms in total. The summed E-state index contributed by atoms with van der Waals surface area (Å²) < 4.78 is 5.94. The van der Waals surface area contributed by atoms with Gasteiger partial charge < -0.3 is 15.8 Å². The lowest BCUT2D eigenvalue weighted by molar-refractivity contribution is -0.123. The van der Waals surface area contributed by atoms with E-state index in [1.54, 1.807) is 12.1 Å². The second-order valence-corrected chi connectivity index (χ2v) is 7.28. The van der Waals surface area contributed by atoms with E-state index in [-0.39, 0.29) is 5.91 Å². The molecule has 2 aromatic rings. The minimum absolute atomic E-state index is 0.0903. The van der Waals surface area contributed by atoms with Crippen molar-refractivity contribution in [1.82, 2.24) is 0 Å². The molecule has 1 heterocycles. The Morgan fingerprint density at radius 2 is 1.83 bits per heavy atom. The van der Waals surface area contributed by atoms with Gasteiger partial charge >= 0.3 is 0 Å². The third-order valence-electron chi connectivity index (χ3n) is 4.95. The van der Waals surface area contributed by atoms with Crippen molar-refractivity contribution >= 4 is 40.5 Å². The van der Waals surface area contributed by atoms with Crippen LogP contribution in [0.2, 0.25) is 10.0 Å². The number of nitrogen functional groups attached to an aromatic ring is 1. The zero-order valence-electron chi connectivity index (χ0n) is 13.1. The molecule has 1 saturated carbocycles. The zero-order valence-corrected chi connectivity index (χ0v) is 14.6. The maximum absolute atomic E-state index is 12.4. The molecule has 0 radical (unpaired) electrons. The third-order valence-corrected chi connectivity index (χ3v) is 5.51. The molecular formula is C18H16Cl2N2O2. The SMILES string of the molecule is Cc1cc(Oc2c(Cl)cc(N)cc2Cl)cc2c1NC(=O)C21CCC1. The average molecular weight is 363 g/mol. The van der Waals surface area contributed by atoms with Gasteiger partial charge in [-0.25, -0.2) is 0 Å². The van der Waals surface area contributed by atoms with E-state index in [9.17, 15) is 4.79 Å². The number of anilines is 2. The van der Waals surface area contributed by atoms with Crippen LogP contribution >= 0.6 is 23.2 Å². The maximum atomic E-state index is 12.4. The van der Waals surface area contributed by atoms with E-state index in [4.69, 9.17) is 33.7 Å². The monoisotopic (exact) mass is 362 g/mol. The zero-order chi connectivity index (χ0) is 17.1. The van der Waals surface area contributed by atoms with Gasteiger partial charge in [0.2, 0.25) is 5.91 Å². The van der Waals surface area contributed by atoms with Crippen molar-refractivity contribution in [3.8, 4) is 11.5 Å². The summed E-state index contributed by atoms with van der Waals surface area (Å²) in [6.07, 6.45) is 2.81. The Hall–Kier alpha value is -1.91. The second kappa shape index (κ2) is 5.30. The highest BCUT2D eigenvalue weighted by molar-refractivity contribution is 6.37. The predicted molar refractivity (Wildman–Crippen MR) is 96.3 cm³/mol. The number of nitrogens with two attached hydrogens (primary N) is 1. The number of hydrogen-bond acceptors (Lipinski definition) is 3. The van der Waals surface area contributed by atoms with Crippen molar-refractivity contribution in [1.29, 1.82) is 0 Å². The van der Waals surface area contributed by atoms with E-state index in [1.807, 2.05) is 19.1 Å². The van der Waals surface area contributed by atoms with Gasteiger partial charge in [0.15, 0.2) is 5.75 Å². The number of hydrogen-bond donors (Lipinski definition) is 2. The lowest BCUT2D eigenvalue weighted by atomic mass is 9.65. The number of rotatable bonds is 2. The molecule has 4 rings (SSSR count). The summed E-state index contributed by atoms with van der Waals surface area (Å²) in [5.74, 6) is 1.07. The topological polar surface area (TPSA) is 64.3 Å². The van der Waals surface area contributed by atoms with Crippen molar-refractivity contribution in [2.45, 2.75) is 31.6 Å². The van der Waals surface area contributed by atoms with Crippen LogP contribution in [0.15, 0.2) is 24.3 Å². The van der Waals surface area contributed by atoms with Crippen LogP contribution in [0.3, 0.4) is 0 Å². The van der Waals surface area contributed by atoms with Gasteiger partial charge in [-0.05, 0) is 55.2 Å². The highest BCUT2D eigenvalue weighted by atomic mass is 35.5. The number of carbonyl (C=O) groups is 1. The van der Waals surface area contributed by atoms with Crippen molar-refractivity contribution in [2.24, 2.45) is 0 Å². The highest BCUT2D eigenvalue weighted by Gasteiger charge is 2.51. The Bertz CT molecular complexity index is 853. The second-order valence-electron chi connectivity index (χ2n) is 6.47. The molecule has 1 aliphatic heterocycles. The molecule has 0 bridgehead atoms. The molecule has 6 heteroatoms. The van der Waals surface area contributed by atoms with Gasteiger partial charge in [-0.3, -0.25) is 4.79 Å². The lowest BCUT2D eigenvalue weighted by Crippen LogP contribution is -2.40. The maximum Gasteiger partial charge on any atom is 0.235 e. The van der Waals surface area contributed by atoms with Crippen molar-refractivity contribution < 1.29 is 9.53 Å². The summed E-state index contributed by atoms with van der Waals surface area (Å²) in [5.41, 5.74) is 8.68. The van der Waals surface area contributed by atoms with Crippen LogP contribution in [0, 0.1) is 6.92 Å². The molecule has 124 valence electrons. The first-order valence-corrected chi connectivity index (χ1v) is 8.55. The first kappa shape index (κ1) is 15.6. The summed E-state index contributed by atoms with van der Waals surface area (Å²) in [4.78, 5) is 12.4. The van der Waals surface area contributed by atoms with Crippen LogP contribution < -0.4 is 15.8 Å². The predicted octanol–water partition coefficient (Wildman–Crippen LogP) is 5.05. The molecule has 3 N–H and O–H groups in total. The van der Waals surface area contributed by atoms with Gasteiger partial charge in [0.1, 0.15) is 5.75 Å². The van der Waals surface area contributed by atoms with Crippen LogP contribution in [0.5, 0.6) is 11.5 Å². The molecule has 1 spiro atoms.